The summed E-state index contributed by atoms with van der Waals surface area (Å²) in [6.45, 7) is 2.73. The number of ether oxygens (including phenoxy) is 1. The third-order valence-electron chi connectivity index (χ3n) is 2.74. The van der Waals surface area contributed by atoms with Gasteiger partial charge in [0.1, 0.15) is 11.9 Å². The van der Waals surface area contributed by atoms with Gasteiger partial charge in [0, 0.05) is 4.47 Å². The minimum Gasteiger partial charge on any atom is -0.495 e. The first-order chi connectivity index (χ1) is 7.68. The van der Waals surface area contributed by atoms with E-state index >= 15 is 0 Å². The number of aryl methyl sites for hydroxylation is 1. The summed E-state index contributed by atoms with van der Waals surface area (Å²) in [5, 5.41) is 10.1. The van der Waals surface area contributed by atoms with Gasteiger partial charge in [-0.3, -0.25) is 0 Å². The van der Waals surface area contributed by atoms with Gasteiger partial charge >= 0.3 is 0 Å². The second kappa shape index (κ2) is 5.02. The Bertz CT molecular complexity index is 412. The number of aliphatic hydroxyl groups is 1. The number of aliphatic hydroxyl groups excluding tert-OH is 1. The Kier molecular flexibility index (Phi) is 3.66. The van der Waals surface area contributed by atoms with Crippen LogP contribution in [0.25, 0.3) is 0 Å². The SMILES string of the molecule is Cc1ccc(C(O)C2=CCCCO2)cc1Br. The summed E-state index contributed by atoms with van der Waals surface area (Å²) in [5.74, 6) is 0.682. The van der Waals surface area contributed by atoms with Crippen LogP contribution >= 0.6 is 15.9 Å². The van der Waals surface area contributed by atoms with Crippen LogP contribution in [0.3, 0.4) is 0 Å². The predicted octanol–water partition coefficient (Wildman–Crippen LogP) is 3.49. The molecule has 0 spiro atoms. The van der Waals surface area contributed by atoms with E-state index in [2.05, 4.69) is 15.9 Å². The summed E-state index contributed by atoms with van der Waals surface area (Å²) >= 11 is 3.47. The minimum absolute atomic E-state index is 0.641. The number of rotatable bonds is 2. The van der Waals surface area contributed by atoms with Crippen molar-refractivity contribution in [3.05, 3.63) is 45.6 Å². The second-order valence-electron chi connectivity index (χ2n) is 4.01. The molecule has 0 bridgehead atoms. The van der Waals surface area contributed by atoms with Crippen LogP contribution in [0.2, 0.25) is 0 Å². The molecule has 1 N–H and O–H groups in total. The third kappa shape index (κ3) is 2.47. The summed E-state index contributed by atoms with van der Waals surface area (Å²) in [5.41, 5.74) is 2.03. The van der Waals surface area contributed by atoms with E-state index in [0.29, 0.717) is 12.4 Å². The number of benzene rings is 1. The van der Waals surface area contributed by atoms with Crippen LogP contribution in [0.4, 0.5) is 0 Å². The zero-order valence-corrected chi connectivity index (χ0v) is 10.8. The smallest absolute Gasteiger partial charge is 0.136 e. The normalized spacial score (nSPS) is 17.6. The molecule has 86 valence electrons. The minimum atomic E-state index is -0.641. The third-order valence-corrected chi connectivity index (χ3v) is 3.60. The van der Waals surface area contributed by atoms with E-state index in [9.17, 15) is 5.11 Å². The lowest BCUT2D eigenvalue weighted by atomic mass is 10.0. The lowest BCUT2D eigenvalue weighted by Gasteiger charge is -2.20. The quantitative estimate of drug-likeness (QED) is 0.900. The number of hydrogen-bond donors (Lipinski definition) is 1. The summed E-state index contributed by atoms with van der Waals surface area (Å²) in [7, 11) is 0. The van der Waals surface area contributed by atoms with E-state index < -0.39 is 6.10 Å². The highest BCUT2D eigenvalue weighted by atomic mass is 79.9. The van der Waals surface area contributed by atoms with E-state index in [0.717, 1.165) is 28.4 Å². The van der Waals surface area contributed by atoms with Gasteiger partial charge in [0.25, 0.3) is 0 Å². The van der Waals surface area contributed by atoms with Crippen molar-refractivity contribution in [1.29, 1.82) is 0 Å². The molecule has 0 saturated carbocycles. The maximum Gasteiger partial charge on any atom is 0.136 e. The molecule has 1 atom stereocenters. The Morgan fingerprint density at radius 2 is 2.25 bits per heavy atom. The van der Waals surface area contributed by atoms with Crippen molar-refractivity contribution in [2.24, 2.45) is 0 Å². The van der Waals surface area contributed by atoms with Gasteiger partial charge in [-0.1, -0.05) is 28.1 Å². The Balaban J connectivity index is 2.22. The lowest BCUT2D eigenvalue weighted by molar-refractivity contribution is 0.0917. The Morgan fingerprint density at radius 1 is 1.44 bits per heavy atom. The Labute approximate surface area is 104 Å². The maximum atomic E-state index is 10.1. The van der Waals surface area contributed by atoms with Gasteiger partial charge in [-0.2, -0.15) is 0 Å². The van der Waals surface area contributed by atoms with Crippen molar-refractivity contribution in [3.8, 4) is 0 Å². The number of allylic oxidation sites excluding steroid dienone is 1. The highest BCUT2D eigenvalue weighted by Gasteiger charge is 2.17. The predicted molar refractivity (Wildman–Crippen MR) is 67.1 cm³/mol. The molecular weight excluding hydrogens is 268 g/mol. The molecule has 16 heavy (non-hydrogen) atoms. The first-order valence-corrected chi connectivity index (χ1v) is 6.25. The molecule has 0 amide bonds. The van der Waals surface area contributed by atoms with Crippen LogP contribution in [0, 0.1) is 6.92 Å². The largest absolute Gasteiger partial charge is 0.495 e. The molecule has 3 heteroatoms. The zero-order chi connectivity index (χ0) is 11.5. The van der Waals surface area contributed by atoms with E-state index in [1.807, 2.05) is 31.2 Å². The van der Waals surface area contributed by atoms with Crippen LogP contribution < -0.4 is 0 Å². The molecule has 2 nitrogen and oxygen atoms in total. The van der Waals surface area contributed by atoms with Crippen molar-refractivity contribution in [1.82, 2.24) is 0 Å². The van der Waals surface area contributed by atoms with Crippen LogP contribution in [0.15, 0.2) is 34.5 Å². The highest BCUT2D eigenvalue weighted by molar-refractivity contribution is 9.10. The lowest BCUT2D eigenvalue weighted by Crippen LogP contribution is -2.09. The van der Waals surface area contributed by atoms with Gasteiger partial charge in [-0.05, 0) is 43.0 Å². The molecule has 0 fully saturated rings. The molecule has 1 unspecified atom stereocenters. The molecule has 0 saturated heterocycles. The van der Waals surface area contributed by atoms with E-state index in [1.165, 1.54) is 0 Å². The van der Waals surface area contributed by atoms with Crippen molar-refractivity contribution in [2.45, 2.75) is 25.9 Å². The molecule has 1 aliphatic heterocycles. The van der Waals surface area contributed by atoms with Crippen molar-refractivity contribution in [3.63, 3.8) is 0 Å². The maximum absolute atomic E-state index is 10.1. The molecule has 0 aromatic heterocycles. The first-order valence-electron chi connectivity index (χ1n) is 5.45. The van der Waals surface area contributed by atoms with E-state index in [-0.39, 0.29) is 0 Å². The fraction of sp³-hybridized carbons (Fsp3) is 0.385. The Hall–Kier alpha value is -0.800. The molecule has 1 aromatic carbocycles. The average Bonchev–Trinajstić information content (AvgIpc) is 2.33. The molecule has 0 aliphatic carbocycles. The fourth-order valence-electron chi connectivity index (χ4n) is 1.71. The van der Waals surface area contributed by atoms with Gasteiger partial charge < -0.3 is 9.84 Å². The second-order valence-corrected chi connectivity index (χ2v) is 4.86. The standard InChI is InChI=1S/C13H15BrO2/c1-9-5-6-10(8-11(9)14)13(15)12-4-2-3-7-16-12/h4-6,8,13,15H,2-3,7H2,1H3. The fourth-order valence-corrected chi connectivity index (χ4v) is 2.11. The van der Waals surface area contributed by atoms with Crippen LogP contribution in [-0.2, 0) is 4.74 Å². The summed E-state index contributed by atoms with van der Waals surface area (Å²) in [6, 6.07) is 5.87. The molecule has 1 aliphatic rings. The zero-order valence-electron chi connectivity index (χ0n) is 9.24. The van der Waals surface area contributed by atoms with Gasteiger partial charge in [-0.15, -0.1) is 0 Å². The average molecular weight is 283 g/mol. The van der Waals surface area contributed by atoms with E-state index in [1.54, 1.807) is 0 Å². The van der Waals surface area contributed by atoms with Crippen molar-refractivity contribution < 1.29 is 9.84 Å². The topological polar surface area (TPSA) is 29.5 Å². The van der Waals surface area contributed by atoms with Crippen LogP contribution in [-0.4, -0.2) is 11.7 Å². The monoisotopic (exact) mass is 282 g/mol. The van der Waals surface area contributed by atoms with Gasteiger partial charge in [0.05, 0.1) is 6.61 Å². The molecule has 2 rings (SSSR count). The summed E-state index contributed by atoms with van der Waals surface area (Å²) in [4.78, 5) is 0. The molecule has 1 heterocycles. The molecule has 0 radical (unpaired) electrons. The first kappa shape index (κ1) is 11.7. The van der Waals surface area contributed by atoms with Crippen LogP contribution in [0.1, 0.15) is 30.1 Å². The van der Waals surface area contributed by atoms with Gasteiger partial charge in [0.15, 0.2) is 0 Å². The molecular formula is C13H15BrO2. The van der Waals surface area contributed by atoms with Crippen LogP contribution in [0.5, 0.6) is 0 Å². The highest BCUT2D eigenvalue weighted by Crippen LogP contribution is 2.28. The van der Waals surface area contributed by atoms with Gasteiger partial charge in [0.2, 0.25) is 0 Å². The van der Waals surface area contributed by atoms with Gasteiger partial charge in [-0.25, -0.2) is 0 Å². The van der Waals surface area contributed by atoms with Crippen molar-refractivity contribution >= 4 is 15.9 Å². The summed E-state index contributed by atoms with van der Waals surface area (Å²) < 4.78 is 6.47. The number of halogens is 1. The van der Waals surface area contributed by atoms with E-state index in [4.69, 9.17) is 4.74 Å². The number of hydrogen-bond acceptors (Lipinski definition) is 2. The molecule has 1 aromatic rings. The summed E-state index contributed by atoms with van der Waals surface area (Å²) in [6.07, 6.45) is 3.35. The van der Waals surface area contributed by atoms with Crippen molar-refractivity contribution in [2.75, 3.05) is 6.61 Å². The Morgan fingerprint density at radius 3 is 2.88 bits per heavy atom.